The van der Waals surface area contributed by atoms with Crippen LogP contribution in [0.5, 0.6) is 0 Å². The highest BCUT2D eigenvalue weighted by Gasteiger charge is 2.23. The van der Waals surface area contributed by atoms with Crippen LogP contribution in [0.3, 0.4) is 0 Å². The first kappa shape index (κ1) is 16.4. The van der Waals surface area contributed by atoms with Crippen LogP contribution in [0, 0.1) is 23.3 Å². The van der Waals surface area contributed by atoms with Crippen molar-refractivity contribution in [2.45, 2.75) is 0 Å². The van der Waals surface area contributed by atoms with Gasteiger partial charge < -0.3 is 0 Å². The number of hydrogen-bond donors (Lipinski definition) is 0. The topological polar surface area (TPSA) is 0 Å². The van der Waals surface area contributed by atoms with Crippen molar-refractivity contribution in [3.05, 3.63) is 41.2 Å². The van der Waals surface area contributed by atoms with Crippen LogP contribution >= 0.6 is 63.7 Å². The van der Waals surface area contributed by atoms with Gasteiger partial charge in [0.2, 0.25) is 0 Å². The molecular formula is C10H2Br4F4. The fourth-order valence-corrected chi connectivity index (χ4v) is 2.08. The van der Waals surface area contributed by atoms with Crippen molar-refractivity contribution >= 4 is 75.9 Å². The second-order valence-corrected chi connectivity index (χ2v) is 8.50. The molecule has 0 aromatic heterocycles. The Bertz CT molecular complexity index is 495. The van der Waals surface area contributed by atoms with Crippen molar-refractivity contribution in [1.29, 1.82) is 0 Å². The molecule has 0 heterocycles. The van der Waals surface area contributed by atoms with Crippen molar-refractivity contribution in [1.82, 2.24) is 0 Å². The van der Waals surface area contributed by atoms with Crippen LogP contribution in [-0.4, -0.2) is 0 Å². The highest BCUT2D eigenvalue weighted by atomic mass is 79.9. The van der Waals surface area contributed by atoms with E-state index in [4.69, 9.17) is 0 Å². The van der Waals surface area contributed by atoms with Crippen LogP contribution in [0.25, 0.3) is 12.2 Å². The molecule has 0 spiro atoms. The predicted octanol–water partition coefficient (Wildman–Crippen LogP) is 6.42. The van der Waals surface area contributed by atoms with E-state index in [1.54, 1.807) is 0 Å². The van der Waals surface area contributed by atoms with Gasteiger partial charge in [0.15, 0.2) is 23.3 Å². The number of halogens is 8. The van der Waals surface area contributed by atoms with Crippen molar-refractivity contribution in [3.8, 4) is 0 Å². The zero-order valence-electron chi connectivity index (χ0n) is 8.18. The molecule has 0 saturated heterocycles. The van der Waals surface area contributed by atoms with E-state index in [1.807, 2.05) is 0 Å². The smallest absolute Gasteiger partial charge is 0.198 e. The van der Waals surface area contributed by atoms with Gasteiger partial charge in [-0.25, -0.2) is 17.6 Å². The summed E-state index contributed by atoms with van der Waals surface area (Å²) in [6, 6.07) is 0. The van der Waals surface area contributed by atoms with Crippen molar-refractivity contribution in [3.63, 3.8) is 0 Å². The van der Waals surface area contributed by atoms with E-state index in [2.05, 4.69) is 63.7 Å². The van der Waals surface area contributed by atoms with Crippen molar-refractivity contribution in [2.75, 3.05) is 0 Å². The highest BCUT2D eigenvalue weighted by molar-refractivity contribution is 9.28. The standard InChI is InChI=1S/C10H2Br4F4/c11-5(12)1-3-4(2-6(13)14)8(16)10(18)9(17)7(3)15/h1-2H. The van der Waals surface area contributed by atoms with Crippen LogP contribution in [0.1, 0.15) is 11.1 Å². The maximum Gasteiger partial charge on any atom is 0.198 e. The molecule has 0 nitrogen and oxygen atoms in total. The zero-order chi connectivity index (χ0) is 14.0. The Balaban J connectivity index is 3.76. The summed E-state index contributed by atoms with van der Waals surface area (Å²) in [6.45, 7) is 0. The first-order chi connectivity index (χ1) is 8.25. The summed E-state index contributed by atoms with van der Waals surface area (Å²) in [4.78, 5) is 0. The molecule has 0 N–H and O–H groups in total. The lowest BCUT2D eigenvalue weighted by atomic mass is 10.1. The van der Waals surface area contributed by atoms with E-state index < -0.39 is 34.4 Å². The van der Waals surface area contributed by atoms with Crippen molar-refractivity contribution in [2.24, 2.45) is 0 Å². The van der Waals surface area contributed by atoms with Gasteiger partial charge in [0.25, 0.3) is 0 Å². The summed E-state index contributed by atoms with van der Waals surface area (Å²) < 4.78 is 53.9. The molecule has 1 rings (SSSR count). The molecule has 1 aromatic carbocycles. The molecule has 0 atom stereocenters. The molecule has 0 aliphatic carbocycles. The van der Waals surface area contributed by atoms with Gasteiger partial charge in [0.1, 0.15) is 0 Å². The largest absolute Gasteiger partial charge is 0.203 e. The summed E-state index contributed by atoms with van der Waals surface area (Å²) in [5.74, 6) is -6.67. The predicted molar refractivity (Wildman–Crippen MR) is 77.9 cm³/mol. The molecule has 0 aliphatic heterocycles. The Morgan fingerprint density at radius 1 is 0.611 bits per heavy atom. The SMILES string of the molecule is Fc1c(F)c(F)c(C=C(Br)Br)c(C=C(Br)Br)c1F. The maximum absolute atomic E-state index is 13.6. The molecule has 0 bridgehead atoms. The fraction of sp³-hybridized carbons (Fsp3) is 0. The lowest BCUT2D eigenvalue weighted by Crippen LogP contribution is -2.03. The third-order valence-corrected chi connectivity index (χ3v) is 2.76. The molecule has 0 aliphatic rings. The Hall–Kier alpha value is 0.340. The molecule has 0 unspecified atom stereocenters. The lowest BCUT2D eigenvalue weighted by Gasteiger charge is -2.08. The van der Waals surface area contributed by atoms with Gasteiger partial charge in [-0.15, -0.1) is 0 Å². The minimum absolute atomic E-state index is 0.250. The summed E-state index contributed by atoms with van der Waals surface area (Å²) in [5.41, 5.74) is -0.849. The number of rotatable bonds is 2. The Kier molecular flexibility index (Phi) is 6.08. The lowest BCUT2D eigenvalue weighted by molar-refractivity contribution is 0.407. The monoisotopic (exact) mass is 514 g/mol. The van der Waals surface area contributed by atoms with Gasteiger partial charge >= 0.3 is 0 Å². The molecule has 8 heteroatoms. The first-order valence-corrected chi connectivity index (χ1v) is 7.34. The van der Waals surface area contributed by atoms with Gasteiger partial charge in [0, 0.05) is 11.1 Å². The van der Waals surface area contributed by atoms with Crippen LogP contribution in [0.15, 0.2) is 6.78 Å². The summed E-state index contributed by atoms with van der Waals surface area (Å²) >= 11 is 11.8. The fourth-order valence-electron chi connectivity index (χ4n) is 1.17. The average molecular weight is 518 g/mol. The molecule has 98 valence electrons. The molecule has 1 aromatic rings. The van der Waals surface area contributed by atoms with Gasteiger partial charge in [-0.2, -0.15) is 0 Å². The van der Waals surface area contributed by atoms with Crippen LogP contribution in [-0.2, 0) is 0 Å². The first-order valence-electron chi connectivity index (χ1n) is 4.17. The van der Waals surface area contributed by atoms with E-state index in [9.17, 15) is 17.6 Å². The van der Waals surface area contributed by atoms with Gasteiger partial charge in [0.05, 0.1) is 6.78 Å². The zero-order valence-corrected chi connectivity index (χ0v) is 14.5. The molecule has 0 saturated carbocycles. The molecule has 0 fully saturated rings. The summed E-state index contributed by atoms with van der Waals surface area (Å²) in [6.07, 6.45) is 2.16. The van der Waals surface area contributed by atoms with Crippen LogP contribution in [0.4, 0.5) is 17.6 Å². The Labute approximate surface area is 134 Å². The van der Waals surface area contributed by atoms with E-state index >= 15 is 0 Å². The minimum atomic E-state index is -1.86. The third kappa shape index (κ3) is 3.68. The Morgan fingerprint density at radius 3 is 1.11 bits per heavy atom. The molecule has 18 heavy (non-hydrogen) atoms. The van der Waals surface area contributed by atoms with E-state index in [0.29, 0.717) is 0 Å². The summed E-state index contributed by atoms with van der Waals surface area (Å²) in [7, 11) is 0. The second-order valence-electron chi connectivity index (χ2n) is 2.95. The van der Waals surface area contributed by atoms with Crippen LogP contribution < -0.4 is 0 Å². The van der Waals surface area contributed by atoms with Gasteiger partial charge in [-0.1, -0.05) is 0 Å². The third-order valence-electron chi connectivity index (χ3n) is 1.85. The number of benzene rings is 1. The molecule has 0 radical (unpaired) electrons. The average Bonchev–Trinajstić information content (AvgIpc) is 2.27. The van der Waals surface area contributed by atoms with E-state index in [0.717, 1.165) is 12.2 Å². The normalized spacial score (nSPS) is 10.2. The van der Waals surface area contributed by atoms with Crippen molar-refractivity contribution < 1.29 is 17.6 Å². The van der Waals surface area contributed by atoms with Crippen LogP contribution in [0.2, 0.25) is 0 Å². The minimum Gasteiger partial charge on any atom is -0.203 e. The maximum atomic E-state index is 13.6. The Morgan fingerprint density at radius 2 is 0.889 bits per heavy atom. The second kappa shape index (κ2) is 6.67. The van der Waals surface area contributed by atoms with Gasteiger partial charge in [-0.3, -0.25) is 0 Å². The number of hydrogen-bond acceptors (Lipinski definition) is 0. The molecule has 0 amide bonds. The highest BCUT2D eigenvalue weighted by Crippen LogP contribution is 2.31. The van der Waals surface area contributed by atoms with Gasteiger partial charge in [-0.05, 0) is 75.9 Å². The quantitative estimate of drug-likeness (QED) is 0.241. The van der Waals surface area contributed by atoms with E-state index in [1.165, 1.54) is 0 Å². The molecular weight excluding hydrogens is 516 g/mol. The van der Waals surface area contributed by atoms with E-state index in [-0.39, 0.29) is 6.78 Å². The summed E-state index contributed by atoms with van der Waals surface area (Å²) in [5, 5.41) is 0.